The normalized spacial score (nSPS) is 21.1. The van der Waals surface area contributed by atoms with Crippen molar-refractivity contribution in [2.75, 3.05) is 30.4 Å². The fourth-order valence-corrected chi connectivity index (χ4v) is 4.72. The Morgan fingerprint density at radius 3 is 2.71 bits per heavy atom. The van der Waals surface area contributed by atoms with Gasteiger partial charge >= 0.3 is 0 Å². The fourth-order valence-electron chi connectivity index (χ4n) is 2.16. The van der Waals surface area contributed by atoms with Crippen molar-refractivity contribution < 1.29 is 13.2 Å². The fraction of sp³-hybridized carbons (Fsp3) is 0.750. The maximum atomic E-state index is 12.0. The highest BCUT2D eigenvalue weighted by Crippen LogP contribution is 2.22. The lowest BCUT2D eigenvalue weighted by Crippen LogP contribution is -2.38. The van der Waals surface area contributed by atoms with Crippen molar-refractivity contribution in [2.24, 2.45) is 0 Å². The summed E-state index contributed by atoms with van der Waals surface area (Å²) >= 11 is 1.36. The minimum atomic E-state index is -2.94. The van der Waals surface area contributed by atoms with Gasteiger partial charge in [0.25, 0.3) is 0 Å². The second kappa shape index (κ2) is 6.37. The van der Waals surface area contributed by atoms with Crippen LogP contribution in [0.2, 0.25) is 0 Å². The molecule has 9 heteroatoms. The van der Waals surface area contributed by atoms with Gasteiger partial charge in [-0.2, -0.15) is 0 Å². The zero-order valence-corrected chi connectivity index (χ0v) is 14.0. The maximum absolute atomic E-state index is 12.0. The molecule has 21 heavy (non-hydrogen) atoms. The van der Waals surface area contributed by atoms with Crippen LogP contribution in [0.1, 0.15) is 31.2 Å². The number of sulfone groups is 1. The zero-order valence-electron chi connectivity index (χ0n) is 12.4. The molecular weight excluding hydrogens is 312 g/mol. The third-order valence-electron chi connectivity index (χ3n) is 3.41. The van der Waals surface area contributed by atoms with E-state index < -0.39 is 9.84 Å². The van der Waals surface area contributed by atoms with Gasteiger partial charge in [0.2, 0.25) is 11.0 Å². The van der Waals surface area contributed by atoms with Crippen LogP contribution in [0.4, 0.5) is 5.13 Å². The molecular formula is C12H20N4O3S2. The topological polar surface area (TPSA) is 92.3 Å². The predicted molar refractivity (Wildman–Crippen MR) is 82.3 cm³/mol. The Balaban J connectivity index is 1.86. The van der Waals surface area contributed by atoms with Gasteiger partial charge in [0.15, 0.2) is 9.84 Å². The van der Waals surface area contributed by atoms with Crippen molar-refractivity contribution in [1.82, 2.24) is 15.1 Å². The Morgan fingerprint density at radius 2 is 2.19 bits per heavy atom. The number of amides is 1. The van der Waals surface area contributed by atoms with Gasteiger partial charge in [0, 0.05) is 12.0 Å². The lowest BCUT2D eigenvalue weighted by molar-refractivity contribution is -0.117. The Labute approximate surface area is 128 Å². The molecule has 1 saturated heterocycles. The molecule has 0 radical (unpaired) electrons. The highest BCUT2D eigenvalue weighted by atomic mass is 32.2. The van der Waals surface area contributed by atoms with Crippen LogP contribution in [0.25, 0.3) is 0 Å². The van der Waals surface area contributed by atoms with E-state index in [-0.39, 0.29) is 35.9 Å². The predicted octanol–water partition coefficient (Wildman–Crippen LogP) is 0.719. The SMILES string of the molecule is CC(C)c1nnc(NC(=O)CN(C)[C@@H]2CCS(=O)(=O)C2)s1. The van der Waals surface area contributed by atoms with Gasteiger partial charge in [-0.15, -0.1) is 10.2 Å². The number of carbonyl (C=O) groups is 1. The van der Waals surface area contributed by atoms with Crippen LogP contribution in [0.5, 0.6) is 0 Å². The molecule has 118 valence electrons. The second-order valence-corrected chi connectivity index (χ2v) is 8.86. The Bertz CT molecular complexity index is 612. The number of nitrogens with one attached hydrogen (secondary N) is 1. The largest absolute Gasteiger partial charge is 0.299 e. The molecule has 2 heterocycles. The minimum absolute atomic E-state index is 0.0820. The lowest BCUT2D eigenvalue weighted by Gasteiger charge is -2.21. The quantitative estimate of drug-likeness (QED) is 0.854. The number of likely N-dealkylation sites (N-methyl/N-ethyl adjacent to an activating group) is 1. The summed E-state index contributed by atoms with van der Waals surface area (Å²) in [5.41, 5.74) is 0. The molecule has 0 spiro atoms. The lowest BCUT2D eigenvalue weighted by atomic mass is 10.2. The summed E-state index contributed by atoms with van der Waals surface area (Å²) < 4.78 is 22.9. The van der Waals surface area contributed by atoms with E-state index in [1.165, 1.54) is 11.3 Å². The molecule has 0 saturated carbocycles. The third-order valence-corrected chi connectivity index (χ3v) is 6.30. The van der Waals surface area contributed by atoms with E-state index in [0.29, 0.717) is 11.6 Å². The first-order valence-electron chi connectivity index (χ1n) is 6.81. The Morgan fingerprint density at radius 1 is 1.48 bits per heavy atom. The summed E-state index contributed by atoms with van der Waals surface area (Å²) in [6, 6.07) is -0.0820. The minimum Gasteiger partial charge on any atom is -0.299 e. The molecule has 7 nitrogen and oxygen atoms in total. The van der Waals surface area contributed by atoms with E-state index in [1.807, 2.05) is 13.8 Å². The Kier molecular flexibility index (Phi) is 4.95. The molecule has 2 rings (SSSR count). The summed E-state index contributed by atoms with van der Waals surface area (Å²) in [5.74, 6) is 0.415. The van der Waals surface area contributed by atoms with Crippen molar-refractivity contribution in [2.45, 2.75) is 32.2 Å². The monoisotopic (exact) mass is 332 g/mol. The number of anilines is 1. The van der Waals surface area contributed by atoms with E-state index in [1.54, 1.807) is 11.9 Å². The zero-order chi connectivity index (χ0) is 15.6. The smallest absolute Gasteiger partial charge is 0.240 e. The first-order valence-corrected chi connectivity index (χ1v) is 9.44. The highest BCUT2D eigenvalue weighted by molar-refractivity contribution is 7.91. The molecule has 1 N–H and O–H groups in total. The van der Waals surface area contributed by atoms with Crippen LogP contribution in [-0.4, -0.2) is 60.6 Å². The van der Waals surface area contributed by atoms with Crippen molar-refractivity contribution in [3.05, 3.63) is 5.01 Å². The van der Waals surface area contributed by atoms with Gasteiger partial charge in [0.1, 0.15) is 5.01 Å². The van der Waals surface area contributed by atoms with E-state index in [2.05, 4.69) is 15.5 Å². The van der Waals surface area contributed by atoms with Crippen LogP contribution < -0.4 is 5.32 Å². The summed E-state index contributed by atoms with van der Waals surface area (Å²) in [4.78, 5) is 13.7. The summed E-state index contributed by atoms with van der Waals surface area (Å²) in [7, 11) is -1.17. The summed E-state index contributed by atoms with van der Waals surface area (Å²) in [5, 5.41) is 12.0. The Hall–Kier alpha value is -1.06. The molecule has 0 unspecified atom stereocenters. The van der Waals surface area contributed by atoms with Crippen LogP contribution in [0.15, 0.2) is 0 Å². The van der Waals surface area contributed by atoms with Crippen LogP contribution in [0.3, 0.4) is 0 Å². The van der Waals surface area contributed by atoms with E-state index in [4.69, 9.17) is 0 Å². The van der Waals surface area contributed by atoms with Gasteiger partial charge in [-0.05, 0) is 13.5 Å². The van der Waals surface area contributed by atoms with Crippen LogP contribution in [-0.2, 0) is 14.6 Å². The molecule has 1 aromatic rings. The van der Waals surface area contributed by atoms with E-state index in [9.17, 15) is 13.2 Å². The molecule has 1 amide bonds. The third kappa shape index (κ3) is 4.45. The molecule has 0 bridgehead atoms. The van der Waals surface area contributed by atoms with Gasteiger partial charge in [0.05, 0.1) is 18.1 Å². The van der Waals surface area contributed by atoms with Crippen LogP contribution in [0, 0.1) is 0 Å². The van der Waals surface area contributed by atoms with Gasteiger partial charge < -0.3 is 0 Å². The average molecular weight is 332 g/mol. The van der Waals surface area contributed by atoms with E-state index in [0.717, 1.165) is 5.01 Å². The first-order chi connectivity index (χ1) is 9.77. The highest BCUT2D eigenvalue weighted by Gasteiger charge is 2.31. The molecule has 0 aliphatic carbocycles. The molecule has 1 atom stereocenters. The van der Waals surface area contributed by atoms with Gasteiger partial charge in [-0.1, -0.05) is 25.2 Å². The van der Waals surface area contributed by atoms with E-state index >= 15 is 0 Å². The molecule has 0 aromatic carbocycles. The van der Waals surface area contributed by atoms with Crippen molar-refractivity contribution >= 4 is 32.2 Å². The number of nitrogens with zero attached hydrogens (tertiary/aromatic N) is 3. The maximum Gasteiger partial charge on any atom is 0.240 e. The van der Waals surface area contributed by atoms with Crippen molar-refractivity contribution in [1.29, 1.82) is 0 Å². The molecule has 1 fully saturated rings. The van der Waals surface area contributed by atoms with Gasteiger partial charge in [-0.3, -0.25) is 15.0 Å². The molecule has 1 aromatic heterocycles. The van der Waals surface area contributed by atoms with Gasteiger partial charge in [-0.25, -0.2) is 8.42 Å². The number of carbonyl (C=O) groups excluding carboxylic acids is 1. The number of hydrogen-bond acceptors (Lipinski definition) is 7. The average Bonchev–Trinajstić information content (AvgIpc) is 2.95. The summed E-state index contributed by atoms with van der Waals surface area (Å²) in [6.07, 6.45) is 0.586. The summed E-state index contributed by atoms with van der Waals surface area (Å²) in [6.45, 7) is 4.18. The standard InChI is InChI=1S/C12H20N4O3S2/c1-8(2)11-14-15-12(20-11)13-10(17)6-16(3)9-4-5-21(18,19)7-9/h8-9H,4-7H2,1-3H3,(H,13,15,17)/t9-/m1/s1. The molecule has 1 aliphatic rings. The first kappa shape index (κ1) is 16.3. The number of hydrogen-bond donors (Lipinski definition) is 1. The van der Waals surface area contributed by atoms with Crippen LogP contribution >= 0.6 is 11.3 Å². The van der Waals surface area contributed by atoms with Crippen molar-refractivity contribution in [3.63, 3.8) is 0 Å². The number of rotatable bonds is 5. The number of aromatic nitrogens is 2. The van der Waals surface area contributed by atoms with Crippen molar-refractivity contribution in [3.8, 4) is 0 Å². The second-order valence-electron chi connectivity index (χ2n) is 5.62. The molecule has 1 aliphatic heterocycles.